The summed E-state index contributed by atoms with van der Waals surface area (Å²) < 4.78 is 26.6. The third kappa shape index (κ3) is 3.47. The van der Waals surface area contributed by atoms with Crippen molar-refractivity contribution in [2.45, 2.75) is 11.3 Å². The third-order valence-electron chi connectivity index (χ3n) is 1.86. The molecular formula is C10H9ClO5S. The number of allylic oxidation sites excluding steroid dienone is 1. The summed E-state index contributed by atoms with van der Waals surface area (Å²) in [7, 11) is -4.32. The van der Waals surface area contributed by atoms with E-state index in [1.807, 2.05) is 0 Å². The summed E-state index contributed by atoms with van der Waals surface area (Å²) in [5.41, 5.74) is 0.691. The first-order valence-corrected chi connectivity index (χ1v) is 6.22. The van der Waals surface area contributed by atoms with E-state index in [0.29, 0.717) is 12.0 Å². The molecular weight excluding hydrogens is 268 g/mol. The minimum Gasteiger partial charge on any atom is -0.449 e. The van der Waals surface area contributed by atoms with Crippen LogP contribution in [0.3, 0.4) is 0 Å². The van der Waals surface area contributed by atoms with E-state index in [9.17, 15) is 13.2 Å². The highest BCUT2D eigenvalue weighted by Crippen LogP contribution is 2.22. The predicted octanol–water partition coefficient (Wildman–Crippen LogP) is 2.45. The SMILES string of the molecule is C=CCc1ccc(S(=O)(=O)OC(=O)O)cc1Cl. The van der Waals surface area contributed by atoms with Gasteiger partial charge in [0.25, 0.3) is 0 Å². The maximum atomic E-state index is 11.4. The van der Waals surface area contributed by atoms with Crippen LogP contribution in [0.2, 0.25) is 5.02 Å². The van der Waals surface area contributed by atoms with Crippen molar-refractivity contribution < 1.29 is 22.5 Å². The molecule has 0 aliphatic heterocycles. The van der Waals surface area contributed by atoms with Crippen LogP contribution in [-0.2, 0) is 20.7 Å². The van der Waals surface area contributed by atoms with Crippen molar-refractivity contribution in [3.8, 4) is 0 Å². The number of carbonyl (C=O) groups is 1. The molecule has 17 heavy (non-hydrogen) atoms. The van der Waals surface area contributed by atoms with Crippen molar-refractivity contribution in [3.63, 3.8) is 0 Å². The van der Waals surface area contributed by atoms with Crippen molar-refractivity contribution in [2.75, 3.05) is 0 Å². The smallest absolute Gasteiger partial charge is 0.449 e. The molecule has 0 amide bonds. The molecule has 1 aromatic carbocycles. The Labute approximate surface area is 103 Å². The molecule has 0 bridgehead atoms. The van der Waals surface area contributed by atoms with Gasteiger partial charge >= 0.3 is 16.3 Å². The topological polar surface area (TPSA) is 80.7 Å². The molecule has 1 N–H and O–H groups in total. The predicted molar refractivity (Wildman–Crippen MR) is 61.6 cm³/mol. The minimum absolute atomic E-state index is 0.208. The lowest BCUT2D eigenvalue weighted by Gasteiger charge is -2.05. The molecule has 0 saturated carbocycles. The Morgan fingerprint density at radius 2 is 2.18 bits per heavy atom. The summed E-state index contributed by atoms with van der Waals surface area (Å²) in [5.74, 6) is 0. The molecule has 0 aromatic heterocycles. The Hall–Kier alpha value is -1.53. The molecule has 0 aliphatic carbocycles. The summed E-state index contributed by atoms with van der Waals surface area (Å²) in [6, 6.07) is 3.84. The van der Waals surface area contributed by atoms with Gasteiger partial charge < -0.3 is 9.29 Å². The van der Waals surface area contributed by atoms with E-state index in [-0.39, 0.29) is 9.92 Å². The van der Waals surface area contributed by atoms with E-state index in [2.05, 4.69) is 10.8 Å². The molecule has 92 valence electrons. The van der Waals surface area contributed by atoms with E-state index in [4.69, 9.17) is 16.7 Å². The van der Waals surface area contributed by atoms with Crippen molar-refractivity contribution in [2.24, 2.45) is 0 Å². The normalized spacial score (nSPS) is 10.9. The number of rotatable bonds is 4. The first-order chi connectivity index (χ1) is 7.86. The van der Waals surface area contributed by atoms with Gasteiger partial charge in [-0.1, -0.05) is 23.7 Å². The molecule has 1 rings (SSSR count). The Kier molecular flexibility index (Phi) is 4.14. The fourth-order valence-electron chi connectivity index (χ4n) is 1.15. The monoisotopic (exact) mass is 276 g/mol. The second-order valence-corrected chi connectivity index (χ2v) is 5.00. The fraction of sp³-hybridized carbons (Fsp3) is 0.100. The zero-order valence-corrected chi connectivity index (χ0v) is 10.2. The lowest BCUT2D eigenvalue weighted by atomic mass is 10.1. The van der Waals surface area contributed by atoms with Crippen LogP contribution in [0.25, 0.3) is 0 Å². The molecule has 0 atom stereocenters. The molecule has 0 aliphatic rings. The Balaban J connectivity index is 3.13. The standard InChI is InChI=1S/C10H9ClO5S/c1-2-3-7-4-5-8(6-9(7)11)17(14,15)16-10(12)13/h2,4-6H,1,3H2,(H,12,13). The second kappa shape index (κ2) is 5.20. The number of hydrogen-bond donors (Lipinski definition) is 1. The lowest BCUT2D eigenvalue weighted by Crippen LogP contribution is -2.11. The van der Waals surface area contributed by atoms with E-state index >= 15 is 0 Å². The van der Waals surface area contributed by atoms with Gasteiger partial charge in [-0.05, 0) is 24.1 Å². The first kappa shape index (κ1) is 13.5. The van der Waals surface area contributed by atoms with Gasteiger partial charge in [0.1, 0.15) is 4.90 Å². The quantitative estimate of drug-likeness (QED) is 0.675. The largest absolute Gasteiger partial charge is 0.522 e. The summed E-state index contributed by atoms with van der Waals surface area (Å²) in [6.45, 7) is 3.53. The molecule has 7 heteroatoms. The summed E-state index contributed by atoms with van der Waals surface area (Å²) >= 11 is 5.84. The van der Waals surface area contributed by atoms with Crippen LogP contribution in [0.1, 0.15) is 5.56 Å². The average Bonchev–Trinajstić information content (AvgIpc) is 2.19. The summed E-state index contributed by atoms with van der Waals surface area (Å²) in [6.07, 6.45) is 0.207. The number of carboxylic acid groups (broad SMARTS) is 1. The molecule has 5 nitrogen and oxygen atoms in total. The molecule has 0 unspecified atom stereocenters. The van der Waals surface area contributed by atoms with E-state index < -0.39 is 16.3 Å². The van der Waals surface area contributed by atoms with Gasteiger partial charge in [0.15, 0.2) is 0 Å². The highest BCUT2D eigenvalue weighted by atomic mass is 35.5. The third-order valence-corrected chi connectivity index (χ3v) is 3.40. The number of benzene rings is 1. The Morgan fingerprint density at radius 1 is 1.53 bits per heavy atom. The second-order valence-electron chi connectivity index (χ2n) is 3.05. The summed E-state index contributed by atoms with van der Waals surface area (Å²) in [5, 5.41) is 8.48. The first-order valence-electron chi connectivity index (χ1n) is 4.43. The Morgan fingerprint density at radius 3 is 2.65 bits per heavy atom. The van der Waals surface area contributed by atoms with Gasteiger partial charge in [-0.3, -0.25) is 0 Å². The number of hydrogen-bond acceptors (Lipinski definition) is 4. The average molecular weight is 277 g/mol. The lowest BCUT2D eigenvalue weighted by molar-refractivity contribution is 0.147. The zero-order valence-electron chi connectivity index (χ0n) is 8.59. The van der Waals surface area contributed by atoms with Crippen LogP contribution in [0.15, 0.2) is 35.7 Å². The van der Waals surface area contributed by atoms with E-state index in [1.165, 1.54) is 12.1 Å². The molecule has 0 heterocycles. The molecule has 0 fully saturated rings. The van der Waals surface area contributed by atoms with Crippen LogP contribution in [-0.4, -0.2) is 19.7 Å². The van der Waals surface area contributed by atoms with Gasteiger partial charge in [0.2, 0.25) is 0 Å². The van der Waals surface area contributed by atoms with Crippen LogP contribution >= 0.6 is 11.6 Å². The van der Waals surface area contributed by atoms with Gasteiger partial charge in [0.05, 0.1) is 0 Å². The number of halogens is 1. The van der Waals surface area contributed by atoms with Crippen molar-refractivity contribution in [1.29, 1.82) is 0 Å². The Bertz CT molecular complexity index is 550. The van der Waals surface area contributed by atoms with Crippen molar-refractivity contribution in [1.82, 2.24) is 0 Å². The maximum absolute atomic E-state index is 11.4. The zero-order chi connectivity index (χ0) is 13.1. The fourth-order valence-corrected chi connectivity index (χ4v) is 2.25. The summed E-state index contributed by atoms with van der Waals surface area (Å²) in [4.78, 5) is 9.89. The molecule has 0 saturated heterocycles. The van der Waals surface area contributed by atoms with Crippen LogP contribution in [0.4, 0.5) is 4.79 Å². The van der Waals surface area contributed by atoms with Gasteiger partial charge in [-0.25, -0.2) is 4.79 Å². The van der Waals surface area contributed by atoms with E-state index in [0.717, 1.165) is 6.07 Å². The van der Waals surface area contributed by atoms with E-state index in [1.54, 1.807) is 6.08 Å². The van der Waals surface area contributed by atoms with Crippen LogP contribution in [0, 0.1) is 0 Å². The molecule has 0 radical (unpaired) electrons. The molecule has 0 spiro atoms. The maximum Gasteiger partial charge on any atom is 0.522 e. The van der Waals surface area contributed by atoms with Crippen LogP contribution < -0.4 is 0 Å². The van der Waals surface area contributed by atoms with Gasteiger partial charge in [0, 0.05) is 5.02 Å². The van der Waals surface area contributed by atoms with Crippen LogP contribution in [0.5, 0.6) is 0 Å². The molecule has 1 aromatic rings. The van der Waals surface area contributed by atoms with Gasteiger partial charge in [-0.15, -0.1) is 6.58 Å². The van der Waals surface area contributed by atoms with Crippen molar-refractivity contribution >= 4 is 27.9 Å². The minimum atomic E-state index is -4.32. The van der Waals surface area contributed by atoms with Crippen molar-refractivity contribution in [3.05, 3.63) is 41.4 Å². The van der Waals surface area contributed by atoms with Gasteiger partial charge in [-0.2, -0.15) is 8.42 Å². The highest BCUT2D eigenvalue weighted by Gasteiger charge is 2.20. The highest BCUT2D eigenvalue weighted by molar-refractivity contribution is 7.87.